The molecule has 1 atom stereocenters. The highest BCUT2D eigenvalue weighted by Crippen LogP contribution is 2.10. The van der Waals surface area contributed by atoms with E-state index in [0.717, 1.165) is 24.0 Å². The van der Waals surface area contributed by atoms with Crippen molar-refractivity contribution in [2.75, 3.05) is 7.11 Å². The summed E-state index contributed by atoms with van der Waals surface area (Å²) in [6.07, 6.45) is 2.43. The summed E-state index contributed by atoms with van der Waals surface area (Å²) in [6, 6.07) is 5.06. The summed E-state index contributed by atoms with van der Waals surface area (Å²) < 4.78 is 4.74. The van der Waals surface area contributed by atoms with E-state index in [1.54, 1.807) is 0 Å². The molecule has 0 fully saturated rings. The van der Waals surface area contributed by atoms with Crippen LogP contribution in [0.15, 0.2) is 18.2 Å². The van der Waals surface area contributed by atoms with Crippen LogP contribution < -0.4 is 5.32 Å². The van der Waals surface area contributed by atoms with E-state index in [9.17, 15) is 9.59 Å². The maximum atomic E-state index is 12.2. The van der Waals surface area contributed by atoms with Crippen LogP contribution in [0.25, 0.3) is 0 Å². The molecule has 4 heteroatoms. The lowest BCUT2D eigenvalue weighted by Crippen LogP contribution is -2.41. The fourth-order valence-electron chi connectivity index (χ4n) is 2.15. The summed E-state index contributed by atoms with van der Waals surface area (Å²) in [7, 11) is 1.34. The molecule has 0 aliphatic carbocycles. The number of unbranched alkanes of at least 4 members (excludes halogenated alkanes) is 1. The molecule has 0 aromatic heterocycles. The average Bonchev–Trinajstić information content (AvgIpc) is 2.41. The van der Waals surface area contributed by atoms with Crippen molar-refractivity contribution in [3.05, 3.63) is 34.9 Å². The molecule has 1 aromatic rings. The Kier molecular flexibility index (Phi) is 6.22. The van der Waals surface area contributed by atoms with Gasteiger partial charge in [-0.05, 0) is 32.4 Å². The van der Waals surface area contributed by atoms with Gasteiger partial charge in [-0.25, -0.2) is 4.79 Å². The van der Waals surface area contributed by atoms with Crippen molar-refractivity contribution in [3.63, 3.8) is 0 Å². The monoisotopic (exact) mass is 277 g/mol. The first kappa shape index (κ1) is 16.2. The summed E-state index contributed by atoms with van der Waals surface area (Å²) in [5.74, 6) is -0.625. The fraction of sp³-hybridized carbons (Fsp3) is 0.500. The number of benzene rings is 1. The first-order valence-corrected chi connectivity index (χ1v) is 6.95. The third-order valence-corrected chi connectivity index (χ3v) is 3.12. The zero-order valence-electron chi connectivity index (χ0n) is 12.7. The van der Waals surface area contributed by atoms with Crippen LogP contribution in [0.3, 0.4) is 0 Å². The van der Waals surface area contributed by atoms with Gasteiger partial charge in [-0.15, -0.1) is 0 Å². The largest absolute Gasteiger partial charge is 0.467 e. The number of carbonyl (C=O) groups is 2. The Balaban J connectivity index is 2.81. The van der Waals surface area contributed by atoms with E-state index in [0.29, 0.717) is 12.0 Å². The third-order valence-electron chi connectivity index (χ3n) is 3.12. The van der Waals surface area contributed by atoms with E-state index >= 15 is 0 Å². The van der Waals surface area contributed by atoms with E-state index in [4.69, 9.17) is 4.74 Å². The molecule has 1 N–H and O–H groups in total. The second kappa shape index (κ2) is 7.68. The molecule has 110 valence electrons. The molecule has 1 amide bonds. The molecule has 0 bridgehead atoms. The van der Waals surface area contributed by atoms with E-state index in [2.05, 4.69) is 5.32 Å². The van der Waals surface area contributed by atoms with Crippen molar-refractivity contribution in [1.82, 2.24) is 5.32 Å². The standard InChI is InChI=1S/C16H23NO3/c1-5-6-7-14(16(19)20-4)17-15(18)13-9-11(2)8-12(3)10-13/h8-10,14H,5-7H2,1-4H3,(H,17,18)/t14-/m1/s1. The minimum absolute atomic E-state index is 0.233. The molecular weight excluding hydrogens is 254 g/mol. The maximum Gasteiger partial charge on any atom is 0.328 e. The third kappa shape index (κ3) is 4.68. The summed E-state index contributed by atoms with van der Waals surface area (Å²) in [4.78, 5) is 23.9. The highest BCUT2D eigenvalue weighted by molar-refractivity contribution is 5.97. The van der Waals surface area contributed by atoms with Gasteiger partial charge in [-0.2, -0.15) is 0 Å². The minimum atomic E-state index is -0.576. The zero-order chi connectivity index (χ0) is 15.1. The molecule has 0 spiro atoms. The van der Waals surface area contributed by atoms with Crippen LogP contribution in [-0.2, 0) is 9.53 Å². The highest BCUT2D eigenvalue weighted by atomic mass is 16.5. The zero-order valence-corrected chi connectivity index (χ0v) is 12.7. The second-order valence-electron chi connectivity index (χ2n) is 5.07. The number of ether oxygens (including phenoxy) is 1. The number of hydrogen-bond donors (Lipinski definition) is 1. The molecule has 20 heavy (non-hydrogen) atoms. The molecule has 0 unspecified atom stereocenters. The summed E-state index contributed by atoms with van der Waals surface area (Å²) in [6.45, 7) is 5.93. The Morgan fingerprint density at radius 1 is 1.20 bits per heavy atom. The lowest BCUT2D eigenvalue weighted by molar-refractivity contribution is -0.143. The number of nitrogens with one attached hydrogen (secondary N) is 1. The Morgan fingerprint density at radius 2 is 1.80 bits per heavy atom. The average molecular weight is 277 g/mol. The van der Waals surface area contributed by atoms with E-state index in [-0.39, 0.29) is 5.91 Å². The predicted octanol–water partition coefficient (Wildman–Crippen LogP) is 2.77. The number of hydrogen-bond acceptors (Lipinski definition) is 3. The van der Waals surface area contributed by atoms with E-state index in [1.165, 1.54) is 7.11 Å². The Morgan fingerprint density at radius 3 is 2.30 bits per heavy atom. The molecule has 0 aliphatic rings. The lowest BCUT2D eigenvalue weighted by atomic mass is 10.1. The highest BCUT2D eigenvalue weighted by Gasteiger charge is 2.21. The van der Waals surface area contributed by atoms with Crippen molar-refractivity contribution in [3.8, 4) is 0 Å². The lowest BCUT2D eigenvalue weighted by Gasteiger charge is -2.16. The predicted molar refractivity (Wildman–Crippen MR) is 78.7 cm³/mol. The molecule has 0 radical (unpaired) electrons. The van der Waals surface area contributed by atoms with Crippen molar-refractivity contribution >= 4 is 11.9 Å². The van der Waals surface area contributed by atoms with Gasteiger partial charge in [0.1, 0.15) is 6.04 Å². The van der Waals surface area contributed by atoms with Gasteiger partial charge in [0.25, 0.3) is 5.91 Å². The quantitative estimate of drug-likeness (QED) is 0.813. The Hall–Kier alpha value is -1.84. The number of aryl methyl sites for hydroxylation is 2. The molecule has 0 saturated carbocycles. The molecule has 4 nitrogen and oxygen atoms in total. The first-order chi connectivity index (χ1) is 9.47. The smallest absolute Gasteiger partial charge is 0.328 e. The van der Waals surface area contributed by atoms with E-state index in [1.807, 2.05) is 39.0 Å². The van der Waals surface area contributed by atoms with E-state index < -0.39 is 12.0 Å². The van der Waals surface area contributed by atoms with Crippen molar-refractivity contribution < 1.29 is 14.3 Å². The van der Waals surface area contributed by atoms with Gasteiger partial charge in [0, 0.05) is 5.56 Å². The number of methoxy groups -OCH3 is 1. The number of carbonyl (C=O) groups excluding carboxylic acids is 2. The second-order valence-corrected chi connectivity index (χ2v) is 5.07. The van der Waals surface area contributed by atoms with Gasteiger partial charge < -0.3 is 10.1 Å². The maximum absolute atomic E-state index is 12.2. The summed E-state index contributed by atoms with van der Waals surface area (Å²) >= 11 is 0. The summed E-state index contributed by atoms with van der Waals surface area (Å²) in [5.41, 5.74) is 2.63. The van der Waals surface area contributed by atoms with Gasteiger partial charge in [0.05, 0.1) is 7.11 Å². The first-order valence-electron chi connectivity index (χ1n) is 6.95. The van der Waals surface area contributed by atoms with Crippen LogP contribution >= 0.6 is 0 Å². The van der Waals surface area contributed by atoms with Crippen LogP contribution in [0.4, 0.5) is 0 Å². The van der Waals surface area contributed by atoms with Crippen molar-refractivity contribution in [2.24, 2.45) is 0 Å². The molecule has 0 heterocycles. The van der Waals surface area contributed by atoms with Crippen molar-refractivity contribution in [1.29, 1.82) is 0 Å². The molecular formula is C16H23NO3. The minimum Gasteiger partial charge on any atom is -0.467 e. The van der Waals surface area contributed by atoms with Crippen LogP contribution in [0.5, 0.6) is 0 Å². The number of rotatable bonds is 6. The van der Waals surface area contributed by atoms with Gasteiger partial charge in [0.15, 0.2) is 0 Å². The molecule has 0 aliphatic heterocycles. The van der Waals surface area contributed by atoms with Crippen LogP contribution in [-0.4, -0.2) is 25.0 Å². The Bertz CT molecular complexity index is 462. The number of esters is 1. The van der Waals surface area contributed by atoms with Crippen LogP contribution in [0.1, 0.15) is 47.7 Å². The summed E-state index contributed by atoms with van der Waals surface area (Å²) in [5, 5.41) is 2.76. The van der Waals surface area contributed by atoms with Gasteiger partial charge in [0.2, 0.25) is 0 Å². The normalized spacial score (nSPS) is 11.8. The molecule has 1 rings (SSSR count). The SMILES string of the molecule is CCCC[C@@H](NC(=O)c1cc(C)cc(C)c1)C(=O)OC. The topological polar surface area (TPSA) is 55.4 Å². The molecule has 0 saturated heterocycles. The van der Waals surface area contributed by atoms with Crippen LogP contribution in [0, 0.1) is 13.8 Å². The van der Waals surface area contributed by atoms with Crippen LogP contribution in [0.2, 0.25) is 0 Å². The van der Waals surface area contributed by atoms with Gasteiger partial charge >= 0.3 is 5.97 Å². The number of amides is 1. The fourth-order valence-corrected chi connectivity index (χ4v) is 2.15. The van der Waals surface area contributed by atoms with Crippen molar-refractivity contribution in [2.45, 2.75) is 46.1 Å². The molecule has 1 aromatic carbocycles. The Labute approximate surface area is 120 Å². The van der Waals surface area contributed by atoms with Gasteiger partial charge in [-0.3, -0.25) is 4.79 Å². The van der Waals surface area contributed by atoms with Gasteiger partial charge in [-0.1, -0.05) is 37.0 Å².